The van der Waals surface area contributed by atoms with Crippen molar-refractivity contribution < 1.29 is 9.53 Å². The minimum Gasteiger partial charge on any atom is -0.496 e. The van der Waals surface area contributed by atoms with Crippen LogP contribution in [-0.2, 0) is 0 Å². The Morgan fingerprint density at radius 3 is 2.53 bits per heavy atom. The predicted octanol–water partition coefficient (Wildman–Crippen LogP) is 2.73. The van der Waals surface area contributed by atoms with Crippen molar-refractivity contribution in [3.63, 3.8) is 0 Å². The first-order chi connectivity index (χ1) is 8.19. The summed E-state index contributed by atoms with van der Waals surface area (Å²) in [5.41, 5.74) is 1.73. The topological polar surface area (TPSA) is 29.5 Å². The van der Waals surface area contributed by atoms with Gasteiger partial charge in [0.05, 0.1) is 7.11 Å². The van der Waals surface area contributed by atoms with Crippen molar-refractivity contribution >= 4 is 22.7 Å². The summed E-state index contributed by atoms with van der Waals surface area (Å²) in [5.74, 6) is 0.787. The molecule has 0 N–H and O–H groups in total. The van der Waals surface area contributed by atoms with Gasteiger partial charge in [0.15, 0.2) is 6.29 Å². The standard InChI is InChI=1S/C14H15NO2/c1-15(2)12-8-7-10(9-16)11-5-4-6-13(17-3)14(11)12/h4-9H,1-3H3. The van der Waals surface area contributed by atoms with E-state index in [-0.39, 0.29) is 0 Å². The van der Waals surface area contributed by atoms with Gasteiger partial charge in [0.2, 0.25) is 0 Å². The van der Waals surface area contributed by atoms with Crippen molar-refractivity contribution in [3.05, 3.63) is 35.9 Å². The van der Waals surface area contributed by atoms with Crippen LogP contribution in [0, 0.1) is 0 Å². The van der Waals surface area contributed by atoms with Crippen LogP contribution < -0.4 is 9.64 Å². The number of nitrogens with zero attached hydrogens (tertiary/aromatic N) is 1. The van der Waals surface area contributed by atoms with E-state index in [2.05, 4.69) is 0 Å². The summed E-state index contributed by atoms with van der Waals surface area (Å²) in [5, 5.41) is 1.90. The number of hydrogen-bond donors (Lipinski definition) is 0. The largest absolute Gasteiger partial charge is 0.496 e. The van der Waals surface area contributed by atoms with Gasteiger partial charge >= 0.3 is 0 Å². The van der Waals surface area contributed by atoms with Crippen LogP contribution in [0.15, 0.2) is 30.3 Å². The second-order valence-corrected chi connectivity index (χ2v) is 4.07. The van der Waals surface area contributed by atoms with Crippen LogP contribution >= 0.6 is 0 Å². The van der Waals surface area contributed by atoms with Gasteiger partial charge in [-0.25, -0.2) is 0 Å². The molecule has 0 aromatic heterocycles. The highest BCUT2D eigenvalue weighted by molar-refractivity contribution is 6.07. The number of fused-ring (bicyclic) bond motifs is 1. The first-order valence-corrected chi connectivity index (χ1v) is 5.41. The third-order valence-corrected chi connectivity index (χ3v) is 2.84. The molecule has 0 saturated heterocycles. The van der Waals surface area contributed by atoms with Crippen LogP contribution in [0.2, 0.25) is 0 Å². The Kier molecular flexibility index (Phi) is 3.00. The molecular formula is C14H15NO2. The zero-order valence-electron chi connectivity index (χ0n) is 10.2. The van der Waals surface area contributed by atoms with E-state index >= 15 is 0 Å². The van der Waals surface area contributed by atoms with E-state index in [0.29, 0.717) is 5.56 Å². The van der Waals surface area contributed by atoms with Gasteiger partial charge in [0.1, 0.15) is 5.75 Å². The highest BCUT2D eigenvalue weighted by Gasteiger charge is 2.11. The highest BCUT2D eigenvalue weighted by atomic mass is 16.5. The maximum atomic E-state index is 11.0. The van der Waals surface area contributed by atoms with Gasteiger partial charge in [-0.3, -0.25) is 4.79 Å². The minimum absolute atomic E-state index is 0.685. The van der Waals surface area contributed by atoms with Crippen LogP contribution in [-0.4, -0.2) is 27.5 Å². The first kappa shape index (κ1) is 11.5. The van der Waals surface area contributed by atoms with Crippen molar-refractivity contribution in [2.75, 3.05) is 26.1 Å². The monoisotopic (exact) mass is 229 g/mol. The van der Waals surface area contributed by atoms with Crippen LogP contribution in [0.3, 0.4) is 0 Å². The second-order valence-electron chi connectivity index (χ2n) is 4.07. The molecule has 0 spiro atoms. The highest BCUT2D eigenvalue weighted by Crippen LogP contribution is 2.35. The zero-order chi connectivity index (χ0) is 12.4. The number of anilines is 1. The molecule has 88 valence electrons. The Bertz CT molecular complexity index is 561. The minimum atomic E-state index is 0.685. The molecule has 3 nitrogen and oxygen atoms in total. The van der Waals surface area contributed by atoms with Crippen LogP contribution in [0.25, 0.3) is 10.8 Å². The van der Waals surface area contributed by atoms with Gasteiger partial charge in [-0.1, -0.05) is 12.1 Å². The van der Waals surface area contributed by atoms with E-state index < -0.39 is 0 Å². The number of carbonyl (C=O) groups excluding carboxylic acids is 1. The van der Waals surface area contributed by atoms with Gasteiger partial charge < -0.3 is 9.64 Å². The molecule has 0 fully saturated rings. The number of benzene rings is 2. The maximum absolute atomic E-state index is 11.0. The molecule has 0 bridgehead atoms. The van der Waals surface area contributed by atoms with Crippen molar-refractivity contribution in [3.8, 4) is 5.75 Å². The smallest absolute Gasteiger partial charge is 0.150 e. The molecule has 0 atom stereocenters. The summed E-state index contributed by atoms with van der Waals surface area (Å²) in [4.78, 5) is 13.1. The third-order valence-electron chi connectivity index (χ3n) is 2.84. The Morgan fingerprint density at radius 2 is 1.94 bits per heavy atom. The molecule has 0 heterocycles. The second kappa shape index (κ2) is 4.45. The van der Waals surface area contributed by atoms with E-state index in [1.807, 2.05) is 49.3 Å². The normalized spacial score (nSPS) is 10.3. The summed E-state index contributed by atoms with van der Waals surface area (Å²) in [7, 11) is 5.59. The maximum Gasteiger partial charge on any atom is 0.150 e. The molecule has 0 aliphatic rings. The summed E-state index contributed by atoms with van der Waals surface area (Å²) < 4.78 is 5.38. The van der Waals surface area contributed by atoms with Gasteiger partial charge in [0.25, 0.3) is 0 Å². The van der Waals surface area contributed by atoms with Crippen molar-refractivity contribution in [2.45, 2.75) is 0 Å². The van der Waals surface area contributed by atoms with E-state index in [4.69, 9.17) is 4.74 Å². The number of ether oxygens (including phenoxy) is 1. The molecule has 0 saturated carbocycles. The van der Waals surface area contributed by atoms with E-state index in [1.54, 1.807) is 7.11 Å². The Hall–Kier alpha value is -2.03. The number of carbonyl (C=O) groups is 1. The Balaban J connectivity index is 2.90. The average Bonchev–Trinajstić information content (AvgIpc) is 2.36. The van der Waals surface area contributed by atoms with Crippen LogP contribution in [0.4, 0.5) is 5.69 Å². The molecule has 0 aliphatic heterocycles. The lowest BCUT2D eigenvalue weighted by atomic mass is 10.0. The van der Waals surface area contributed by atoms with Gasteiger partial charge in [-0.15, -0.1) is 0 Å². The fourth-order valence-electron chi connectivity index (χ4n) is 2.02. The number of methoxy groups -OCH3 is 1. The fourth-order valence-corrected chi connectivity index (χ4v) is 2.02. The van der Waals surface area contributed by atoms with Gasteiger partial charge in [0, 0.05) is 30.7 Å². The van der Waals surface area contributed by atoms with Crippen LogP contribution in [0.1, 0.15) is 10.4 Å². The molecule has 2 aromatic carbocycles. The molecule has 0 unspecified atom stereocenters. The molecule has 2 aromatic rings. The van der Waals surface area contributed by atoms with E-state index in [9.17, 15) is 4.79 Å². The summed E-state index contributed by atoms with van der Waals surface area (Å²) in [6.45, 7) is 0. The Labute approximate surface area is 101 Å². The number of rotatable bonds is 3. The average molecular weight is 229 g/mol. The molecule has 0 amide bonds. The summed E-state index contributed by atoms with van der Waals surface area (Å²) in [6.07, 6.45) is 0.876. The van der Waals surface area contributed by atoms with E-state index in [0.717, 1.165) is 28.5 Å². The van der Waals surface area contributed by atoms with Gasteiger partial charge in [-0.2, -0.15) is 0 Å². The van der Waals surface area contributed by atoms with Crippen molar-refractivity contribution in [1.82, 2.24) is 0 Å². The molecule has 3 heteroatoms. The fraction of sp³-hybridized carbons (Fsp3) is 0.214. The lowest BCUT2D eigenvalue weighted by Gasteiger charge is -2.18. The molecule has 17 heavy (non-hydrogen) atoms. The lowest BCUT2D eigenvalue weighted by molar-refractivity contribution is 0.112. The third kappa shape index (κ3) is 1.84. The SMILES string of the molecule is COc1cccc2c(C=O)ccc(N(C)C)c12. The summed E-state index contributed by atoms with van der Waals surface area (Å²) in [6, 6.07) is 9.52. The van der Waals surface area contributed by atoms with Crippen LogP contribution in [0.5, 0.6) is 5.75 Å². The Morgan fingerprint density at radius 1 is 1.18 bits per heavy atom. The molecular weight excluding hydrogens is 214 g/mol. The van der Waals surface area contributed by atoms with Crippen molar-refractivity contribution in [2.24, 2.45) is 0 Å². The number of hydrogen-bond acceptors (Lipinski definition) is 3. The molecule has 0 aliphatic carbocycles. The quantitative estimate of drug-likeness (QED) is 0.758. The van der Waals surface area contributed by atoms with Gasteiger partial charge in [-0.05, 0) is 23.6 Å². The number of aldehydes is 1. The van der Waals surface area contributed by atoms with Crippen molar-refractivity contribution in [1.29, 1.82) is 0 Å². The lowest BCUT2D eigenvalue weighted by Crippen LogP contribution is -2.09. The predicted molar refractivity (Wildman–Crippen MR) is 70.2 cm³/mol. The first-order valence-electron chi connectivity index (χ1n) is 5.41. The molecule has 0 radical (unpaired) electrons. The molecule has 2 rings (SSSR count). The summed E-state index contributed by atoms with van der Waals surface area (Å²) >= 11 is 0. The van der Waals surface area contributed by atoms with E-state index in [1.165, 1.54) is 0 Å². The zero-order valence-corrected chi connectivity index (χ0v) is 10.2.